The molecular formula is C12H24N2O3. The minimum Gasteiger partial charge on any atom is -0.381 e. The Hall–Kier alpha value is -0.200. The first-order chi connectivity index (χ1) is 8.25. The summed E-state index contributed by atoms with van der Waals surface area (Å²) in [5, 5.41) is 0. The smallest absolute Gasteiger partial charge is 0.0972 e. The molecule has 2 atom stereocenters. The standard InChI is InChI=1S/C12H24N2O3/c1-15-10-7-14(8-11(10)16-2)12(9-13)3-5-17-6-4-12/h10-11H,3-9,13H2,1-2H3. The van der Waals surface area contributed by atoms with Crippen molar-refractivity contribution < 1.29 is 14.2 Å². The Labute approximate surface area is 103 Å². The lowest BCUT2D eigenvalue weighted by Crippen LogP contribution is -2.56. The molecule has 2 aliphatic rings. The first-order valence-electron chi connectivity index (χ1n) is 6.34. The molecule has 0 amide bonds. The molecule has 2 aliphatic heterocycles. The summed E-state index contributed by atoms with van der Waals surface area (Å²) in [6, 6.07) is 0. The van der Waals surface area contributed by atoms with Gasteiger partial charge in [0.1, 0.15) is 0 Å². The van der Waals surface area contributed by atoms with E-state index < -0.39 is 0 Å². The maximum Gasteiger partial charge on any atom is 0.0972 e. The Morgan fingerprint density at radius 1 is 1.18 bits per heavy atom. The van der Waals surface area contributed by atoms with E-state index in [1.165, 1.54) is 0 Å². The summed E-state index contributed by atoms with van der Waals surface area (Å²) in [7, 11) is 3.50. The quantitative estimate of drug-likeness (QED) is 0.745. The summed E-state index contributed by atoms with van der Waals surface area (Å²) in [6.07, 6.45) is 2.34. The van der Waals surface area contributed by atoms with Gasteiger partial charge in [0.05, 0.1) is 12.2 Å². The fourth-order valence-corrected chi connectivity index (χ4v) is 2.98. The fourth-order valence-electron chi connectivity index (χ4n) is 2.98. The van der Waals surface area contributed by atoms with Crippen LogP contribution < -0.4 is 5.73 Å². The predicted octanol–water partition coefficient (Wildman–Crippen LogP) is -0.160. The van der Waals surface area contributed by atoms with Gasteiger partial charge in [-0.25, -0.2) is 0 Å². The average molecular weight is 244 g/mol. The Bertz CT molecular complexity index is 232. The van der Waals surface area contributed by atoms with Crippen molar-refractivity contribution in [3.63, 3.8) is 0 Å². The van der Waals surface area contributed by atoms with Gasteiger partial charge in [0.2, 0.25) is 0 Å². The third-order valence-electron chi connectivity index (χ3n) is 4.30. The minimum absolute atomic E-state index is 0.0856. The zero-order chi connectivity index (χ0) is 12.3. The summed E-state index contributed by atoms with van der Waals surface area (Å²) in [5.74, 6) is 0. The first-order valence-corrected chi connectivity index (χ1v) is 6.34. The van der Waals surface area contributed by atoms with E-state index in [9.17, 15) is 0 Å². The maximum atomic E-state index is 6.01. The third-order valence-corrected chi connectivity index (χ3v) is 4.30. The second kappa shape index (κ2) is 5.63. The van der Waals surface area contributed by atoms with Crippen molar-refractivity contribution >= 4 is 0 Å². The largest absolute Gasteiger partial charge is 0.381 e. The highest BCUT2D eigenvalue weighted by Crippen LogP contribution is 2.31. The highest BCUT2D eigenvalue weighted by atomic mass is 16.5. The van der Waals surface area contributed by atoms with Crippen molar-refractivity contribution in [1.82, 2.24) is 4.90 Å². The van der Waals surface area contributed by atoms with Gasteiger partial charge in [0.15, 0.2) is 0 Å². The molecule has 2 heterocycles. The van der Waals surface area contributed by atoms with Crippen molar-refractivity contribution in [2.75, 3.05) is 47.1 Å². The van der Waals surface area contributed by atoms with Gasteiger partial charge >= 0.3 is 0 Å². The lowest BCUT2D eigenvalue weighted by molar-refractivity contribution is -0.0210. The summed E-state index contributed by atoms with van der Waals surface area (Å²) in [5.41, 5.74) is 6.10. The van der Waals surface area contributed by atoms with Crippen LogP contribution in [0.4, 0.5) is 0 Å². The molecule has 0 aromatic carbocycles. The van der Waals surface area contributed by atoms with Gasteiger partial charge in [-0.15, -0.1) is 0 Å². The normalized spacial score (nSPS) is 34.1. The molecule has 0 radical (unpaired) electrons. The molecular weight excluding hydrogens is 220 g/mol. The van der Waals surface area contributed by atoms with Crippen molar-refractivity contribution in [2.45, 2.75) is 30.6 Å². The molecule has 0 aromatic rings. The molecule has 2 fully saturated rings. The van der Waals surface area contributed by atoms with Crippen LogP contribution in [-0.4, -0.2) is 69.7 Å². The van der Waals surface area contributed by atoms with Gasteiger partial charge in [-0.05, 0) is 12.8 Å². The van der Waals surface area contributed by atoms with Crippen molar-refractivity contribution in [3.05, 3.63) is 0 Å². The first kappa shape index (κ1) is 13.2. The topological polar surface area (TPSA) is 57.0 Å². The van der Waals surface area contributed by atoms with Crippen molar-refractivity contribution in [3.8, 4) is 0 Å². The molecule has 0 bridgehead atoms. The van der Waals surface area contributed by atoms with Gasteiger partial charge in [0.25, 0.3) is 0 Å². The number of nitrogens with zero attached hydrogens (tertiary/aromatic N) is 1. The summed E-state index contributed by atoms with van der Waals surface area (Å²) >= 11 is 0. The van der Waals surface area contributed by atoms with Crippen LogP contribution >= 0.6 is 0 Å². The van der Waals surface area contributed by atoms with E-state index in [-0.39, 0.29) is 17.7 Å². The number of methoxy groups -OCH3 is 2. The van der Waals surface area contributed by atoms with E-state index >= 15 is 0 Å². The monoisotopic (exact) mass is 244 g/mol. The molecule has 0 saturated carbocycles. The van der Waals surface area contributed by atoms with E-state index in [0.29, 0.717) is 6.54 Å². The summed E-state index contributed by atoms with van der Waals surface area (Å²) in [6.45, 7) is 4.12. The Morgan fingerprint density at radius 3 is 2.12 bits per heavy atom. The van der Waals surface area contributed by atoms with E-state index in [2.05, 4.69) is 4.90 Å². The molecule has 100 valence electrons. The zero-order valence-electron chi connectivity index (χ0n) is 10.9. The molecule has 17 heavy (non-hydrogen) atoms. The number of rotatable bonds is 4. The summed E-state index contributed by atoms with van der Waals surface area (Å²) < 4.78 is 16.4. The minimum atomic E-state index is 0.0856. The summed E-state index contributed by atoms with van der Waals surface area (Å²) in [4.78, 5) is 2.44. The van der Waals surface area contributed by atoms with Gasteiger partial charge in [-0.3, -0.25) is 4.90 Å². The van der Waals surface area contributed by atoms with E-state index in [1.807, 2.05) is 0 Å². The molecule has 0 aromatic heterocycles. The van der Waals surface area contributed by atoms with Gasteiger partial charge in [0, 0.05) is 52.6 Å². The fraction of sp³-hybridized carbons (Fsp3) is 1.00. The Morgan fingerprint density at radius 2 is 1.71 bits per heavy atom. The average Bonchev–Trinajstić information content (AvgIpc) is 2.83. The van der Waals surface area contributed by atoms with Crippen LogP contribution in [-0.2, 0) is 14.2 Å². The second-order valence-corrected chi connectivity index (χ2v) is 4.99. The highest BCUT2D eigenvalue weighted by Gasteiger charge is 2.44. The molecule has 5 heteroatoms. The third kappa shape index (κ3) is 2.48. The number of hydrogen-bond acceptors (Lipinski definition) is 5. The second-order valence-electron chi connectivity index (χ2n) is 4.99. The number of nitrogens with two attached hydrogens (primary N) is 1. The van der Waals surface area contributed by atoms with Crippen molar-refractivity contribution in [2.24, 2.45) is 5.73 Å². The van der Waals surface area contributed by atoms with Gasteiger partial charge < -0.3 is 19.9 Å². The molecule has 2 saturated heterocycles. The molecule has 0 spiro atoms. The zero-order valence-corrected chi connectivity index (χ0v) is 10.9. The Balaban J connectivity index is 2.05. The SMILES string of the molecule is COC1CN(C2(CN)CCOCC2)CC1OC. The van der Waals surface area contributed by atoms with Crippen LogP contribution in [0, 0.1) is 0 Å². The van der Waals surface area contributed by atoms with E-state index in [1.54, 1.807) is 14.2 Å². The van der Waals surface area contributed by atoms with E-state index in [0.717, 1.165) is 39.1 Å². The van der Waals surface area contributed by atoms with Crippen LogP contribution in [0.1, 0.15) is 12.8 Å². The van der Waals surface area contributed by atoms with Crippen LogP contribution in [0.2, 0.25) is 0 Å². The number of hydrogen-bond donors (Lipinski definition) is 1. The number of ether oxygens (including phenoxy) is 3. The number of likely N-dealkylation sites (tertiary alicyclic amines) is 1. The lowest BCUT2D eigenvalue weighted by atomic mass is 9.88. The molecule has 0 aliphatic carbocycles. The van der Waals surface area contributed by atoms with Crippen LogP contribution in [0.15, 0.2) is 0 Å². The van der Waals surface area contributed by atoms with Crippen molar-refractivity contribution in [1.29, 1.82) is 0 Å². The molecule has 2 N–H and O–H groups in total. The molecule has 2 unspecified atom stereocenters. The van der Waals surface area contributed by atoms with Gasteiger partial charge in [-0.1, -0.05) is 0 Å². The van der Waals surface area contributed by atoms with E-state index in [4.69, 9.17) is 19.9 Å². The maximum absolute atomic E-state index is 6.01. The molecule has 5 nitrogen and oxygen atoms in total. The van der Waals surface area contributed by atoms with Crippen LogP contribution in [0.5, 0.6) is 0 Å². The molecule has 2 rings (SSSR count). The van der Waals surface area contributed by atoms with Crippen LogP contribution in [0.3, 0.4) is 0 Å². The van der Waals surface area contributed by atoms with Gasteiger partial charge in [-0.2, -0.15) is 0 Å². The Kier molecular flexibility index (Phi) is 4.38. The predicted molar refractivity (Wildman–Crippen MR) is 65.0 cm³/mol. The van der Waals surface area contributed by atoms with Crippen LogP contribution in [0.25, 0.3) is 0 Å². The highest BCUT2D eigenvalue weighted by molar-refractivity contribution is 5.00. The lowest BCUT2D eigenvalue weighted by Gasteiger charge is -2.43.